The second kappa shape index (κ2) is 10.4. The minimum Gasteiger partial charge on any atom is -0.364 e. The van der Waals surface area contributed by atoms with Gasteiger partial charge >= 0.3 is 0 Å². The first kappa shape index (κ1) is 22.0. The van der Waals surface area contributed by atoms with Crippen molar-refractivity contribution in [2.75, 3.05) is 39.3 Å². The van der Waals surface area contributed by atoms with E-state index in [4.69, 9.17) is 9.52 Å². The van der Waals surface area contributed by atoms with Gasteiger partial charge in [0.2, 0.25) is 0 Å². The maximum atomic E-state index is 4.98. The predicted octanol–water partition coefficient (Wildman–Crippen LogP) is 1.54. The molecule has 1 N–H and O–H groups in total. The quantitative estimate of drug-likeness (QED) is 0.368. The van der Waals surface area contributed by atoms with Crippen LogP contribution in [0.25, 0.3) is 0 Å². The van der Waals surface area contributed by atoms with Gasteiger partial charge in [-0.25, -0.2) is 0 Å². The maximum Gasteiger partial charge on any atom is 0.194 e. The van der Waals surface area contributed by atoms with Crippen LogP contribution in [-0.4, -0.2) is 74.9 Å². The highest BCUT2D eigenvalue weighted by Gasteiger charge is 2.23. The lowest BCUT2D eigenvalue weighted by molar-refractivity contribution is 0.169. The molecule has 1 saturated heterocycles. The van der Waals surface area contributed by atoms with E-state index in [0.717, 1.165) is 88.5 Å². The number of hydrogen-bond donors (Lipinski definition) is 1. The molecule has 0 saturated carbocycles. The Balaban J connectivity index is 0.00000240. The minimum atomic E-state index is 0. The lowest BCUT2D eigenvalue weighted by atomic mass is 9.99. The fraction of sp³-hybridized carbons (Fsp3) is 0.684. The SMILES string of the molecule is CCNC(=NCC1CCc2nnc(C)n2C1)N1CCN(Cc2ccon2)CC1.I. The Hall–Kier alpha value is -1.69. The first-order valence-corrected chi connectivity index (χ1v) is 10.3. The second-order valence-electron chi connectivity index (χ2n) is 7.63. The molecule has 0 aliphatic carbocycles. The molecular weight excluding hydrogens is 483 g/mol. The predicted molar refractivity (Wildman–Crippen MR) is 121 cm³/mol. The average Bonchev–Trinajstić information content (AvgIpc) is 3.36. The van der Waals surface area contributed by atoms with Gasteiger partial charge in [-0.1, -0.05) is 5.16 Å². The summed E-state index contributed by atoms with van der Waals surface area (Å²) < 4.78 is 7.18. The summed E-state index contributed by atoms with van der Waals surface area (Å²) in [5, 5.41) is 16.0. The number of nitrogens with one attached hydrogen (secondary N) is 1. The number of piperazine rings is 1. The monoisotopic (exact) mass is 514 g/mol. The van der Waals surface area contributed by atoms with Crippen LogP contribution in [-0.2, 0) is 19.5 Å². The Morgan fingerprint density at radius 2 is 2.10 bits per heavy atom. The van der Waals surface area contributed by atoms with E-state index < -0.39 is 0 Å². The number of nitrogens with zero attached hydrogens (tertiary/aromatic N) is 7. The molecule has 2 aliphatic heterocycles. The molecule has 0 bridgehead atoms. The van der Waals surface area contributed by atoms with Gasteiger partial charge in [0.15, 0.2) is 5.96 Å². The van der Waals surface area contributed by atoms with Gasteiger partial charge < -0.3 is 19.3 Å². The van der Waals surface area contributed by atoms with E-state index in [-0.39, 0.29) is 24.0 Å². The third kappa shape index (κ3) is 5.47. The Bertz CT molecular complexity index is 782. The third-order valence-electron chi connectivity index (χ3n) is 5.61. The summed E-state index contributed by atoms with van der Waals surface area (Å²) in [6, 6.07) is 1.94. The highest BCUT2D eigenvalue weighted by atomic mass is 127. The molecule has 0 spiro atoms. The van der Waals surface area contributed by atoms with Crippen LogP contribution in [0.15, 0.2) is 21.8 Å². The molecule has 10 heteroatoms. The Labute approximate surface area is 188 Å². The maximum absolute atomic E-state index is 4.98. The molecule has 2 aromatic rings. The molecule has 4 heterocycles. The van der Waals surface area contributed by atoms with Crippen molar-refractivity contribution in [2.45, 2.75) is 39.8 Å². The molecule has 29 heavy (non-hydrogen) atoms. The summed E-state index contributed by atoms with van der Waals surface area (Å²) in [5.74, 6) is 3.71. The van der Waals surface area contributed by atoms with Gasteiger partial charge in [-0.15, -0.1) is 34.2 Å². The molecule has 160 valence electrons. The van der Waals surface area contributed by atoms with E-state index in [0.29, 0.717) is 5.92 Å². The lowest BCUT2D eigenvalue weighted by Gasteiger charge is -2.36. The summed E-state index contributed by atoms with van der Waals surface area (Å²) >= 11 is 0. The number of rotatable bonds is 5. The molecule has 9 nitrogen and oxygen atoms in total. The van der Waals surface area contributed by atoms with Gasteiger partial charge in [0.25, 0.3) is 0 Å². The van der Waals surface area contributed by atoms with Crippen molar-refractivity contribution < 1.29 is 4.52 Å². The van der Waals surface area contributed by atoms with Crippen LogP contribution in [0, 0.1) is 12.8 Å². The molecule has 0 aromatic carbocycles. The zero-order valence-corrected chi connectivity index (χ0v) is 19.6. The fourth-order valence-corrected chi connectivity index (χ4v) is 3.99. The van der Waals surface area contributed by atoms with Crippen LogP contribution in [0.2, 0.25) is 0 Å². The molecule has 1 fully saturated rings. The molecule has 0 radical (unpaired) electrons. The van der Waals surface area contributed by atoms with Crippen molar-refractivity contribution in [1.29, 1.82) is 0 Å². The topological polar surface area (TPSA) is 87.6 Å². The van der Waals surface area contributed by atoms with E-state index in [1.807, 2.05) is 13.0 Å². The first-order chi connectivity index (χ1) is 13.7. The van der Waals surface area contributed by atoms with Crippen LogP contribution < -0.4 is 5.32 Å². The van der Waals surface area contributed by atoms with Gasteiger partial charge in [-0.05, 0) is 26.2 Å². The smallest absolute Gasteiger partial charge is 0.194 e. The zero-order valence-electron chi connectivity index (χ0n) is 17.3. The number of aryl methyl sites for hydroxylation is 2. The fourth-order valence-electron chi connectivity index (χ4n) is 3.99. The molecule has 0 amide bonds. The van der Waals surface area contributed by atoms with Gasteiger partial charge in [-0.2, -0.15) is 0 Å². The van der Waals surface area contributed by atoms with E-state index in [1.54, 1.807) is 6.26 Å². The molecule has 4 rings (SSSR count). The molecule has 2 aliphatic rings. The average molecular weight is 514 g/mol. The van der Waals surface area contributed by atoms with Crippen molar-refractivity contribution >= 4 is 29.9 Å². The van der Waals surface area contributed by atoms with Gasteiger partial charge in [0.1, 0.15) is 17.9 Å². The number of aliphatic imine (C=N–C) groups is 1. The highest BCUT2D eigenvalue weighted by Crippen LogP contribution is 2.20. The van der Waals surface area contributed by atoms with Crippen molar-refractivity contribution in [2.24, 2.45) is 10.9 Å². The molecule has 2 aromatic heterocycles. The summed E-state index contributed by atoms with van der Waals surface area (Å²) in [6.07, 6.45) is 3.77. The van der Waals surface area contributed by atoms with Crippen molar-refractivity contribution in [3.63, 3.8) is 0 Å². The number of fused-ring (bicyclic) bond motifs is 1. The Morgan fingerprint density at radius 3 is 2.83 bits per heavy atom. The second-order valence-corrected chi connectivity index (χ2v) is 7.63. The van der Waals surface area contributed by atoms with Crippen molar-refractivity contribution in [3.8, 4) is 0 Å². The highest BCUT2D eigenvalue weighted by molar-refractivity contribution is 14.0. The standard InChI is InChI=1S/C19H30N8O.HI/c1-3-20-19(21-12-16-4-5-18-23-22-15(2)27(18)13-16)26-9-7-25(8-10-26)14-17-6-11-28-24-17;/h6,11,16H,3-5,7-10,12-14H2,1-2H3,(H,20,21);1H. The molecule has 1 unspecified atom stereocenters. The Kier molecular flexibility index (Phi) is 7.87. The van der Waals surface area contributed by atoms with Crippen LogP contribution in [0.3, 0.4) is 0 Å². The van der Waals surface area contributed by atoms with E-state index in [9.17, 15) is 0 Å². The number of aromatic nitrogens is 4. The zero-order chi connectivity index (χ0) is 19.3. The van der Waals surface area contributed by atoms with Crippen molar-refractivity contribution in [1.82, 2.24) is 35.0 Å². The van der Waals surface area contributed by atoms with Gasteiger partial charge in [-0.3, -0.25) is 9.89 Å². The first-order valence-electron chi connectivity index (χ1n) is 10.3. The number of halogens is 1. The van der Waals surface area contributed by atoms with Crippen LogP contribution >= 0.6 is 24.0 Å². The van der Waals surface area contributed by atoms with Crippen LogP contribution in [0.5, 0.6) is 0 Å². The number of hydrogen-bond acceptors (Lipinski definition) is 6. The summed E-state index contributed by atoms with van der Waals surface area (Å²) in [7, 11) is 0. The van der Waals surface area contributed by atoms with Crippen LogP contribution in [0.1, 0.15) is 30.7 Å². The summed E-state index contributed by atoms with van der Waals surface area (Å²) in [4.78, 5) is 9.77. The lowest BCUT2D eigenvalue weighted by Crippen LogP contribution is -2.52. The largest absolute Gasteiger partial charge is 0.364 e. The van der Waals surface area contributed by atoms with Crippen LogP contribution in [0.4, 0.5) is 0 Å². The Morgan fingerprint density at radius 1 is 1.28 bits per heavy atom. The van der Waals surface area contributed by atoms with E-state index >= 15 is 0 Å². The molecular formula is C19H31IN8O. The number of guanidine groups is 1. The summed E-state index contributed by atoms with van der Waals surface area (Å²) in [6.45, 7) is 11.7. The minimum absolute atomic E-state index is 0. The normalized spacial score (nSPS) is 20.3. The van der Waals surface area contributed by atoms with Gasteiger partial charge in [0.05, 0.1) is 5.69 Å². The van der Waals surface area contributed by atoms with E-state index in [1.165, 1.54) is 0 Å². The van der Waals surface area contributed by atoms with Gasteiger partial charge in [0, 0.05) is 64.8 Å². The summed E-state index contributed by atoms with van der Waals surface area (Å²) in [5.41, 5.74) is 0.995. The van der Waals surface area contributed by atoms with Crippen molar-refractivity contribution in [3.05, 3.63) is 29.7 Å². The molecule has 1 atom stereocenters. The third-order valence-corrected chi connectivity index (χ3v) is 5.61. The van der Waals surface area contributed by atoms with E-state index in [2.05, 4.69) is 42.0 Å².